The number of hydrogen-bond donors (Lipinski definition) is 0. The topological polar surface area (TPSA) is 70.6 Å². The van der Waals surface area contributed by atoms with Crippen LogP contribution in [0.5, 0.6) is 0 Å². The average Bonchev–Trinajstić information content (AvgIpc) is 3.14. The molecular weight excluding hydrogens is 477 g/mol. The number of para-hydroxylation sites is 1. The summed E-state index contributed by atoms with van der Waals surface area (Å²) < 4.78 is 25.1. The zero-order valence-electron chi connectivity index (χ0n) is 17.5. The highest BCUT2D eigenvalue weighted by Crippen LogP contribution is 2.33. The molecule has 10 heteroatoms. The van der Waals surface area contributed by atoms with Crippen molar-refractivity contribution in [3.63, 3.8) is 0 Å². The van der Waals surface area contributed by atoms with Crippen LogP contribution in [-0.2, 0) is 9.84 Å². The van der Waals surface area contributed by atoms with Gasteiger partial charge in [0.15, 0.2) is 15.0 Å². The van der Waals surface area contributed by atoms with Gasteiger partial charge in [-0.25, -0.2) is 13.4 Å². The summed E-state index contributed by atoms with van der Waals surface area (Å²) >= 11 is 7.40. The van der Waals surface area contributed by atoms with Crippen LogP contribution < -0.4 is 4.90 Å². The van der Waals surface area contributed by atoms with E-state index in [4.69, 9.17) is 11.6 Å². The van der Waals surface area contributed by atoms with Crippen LogP contribution in [-0.4, -0.2) is 56.6 Å². The molecule has 31 heavy (non-hydrogen) atoms. The SMILES string of the molecule is CCN(CC)CCN(C(=O)c1cccc(Cl)c1)c1nc2c(S(C)(=O)=O)cccc2s1.Cl. The lowest BCUT2D eigenvalue weighted by atomic mass is 10.2. The van der Waals surface area contributed by atoms with Gasteiger partial charge in [0, 0.05) is 29.9 Å². The summed E-state index contributed by atoms with van der Waals surface area (Å²) in [5, 5.41) is 0.950. The number of benzene rings is 2. The minimum absolute atomic E-state index is 0. The highest BCUT2D eigenvalue weighted by molar-refractivity contribution is 7.91. The number of sulfone groups is 1. The molecule has 3 rings (SSSR count). The molecule has 1 amide bonds. The largest absolute Gasteiger partial charge is 0.302 e. The molecule has 168 valence electrons. The minimum Gasteiger partial charge on any atom is -0.302 e. The van der Waals surface area contributed by atoms with Gasteiger partial charge < -0.3 is 4.90 Å². The van der Waals surface area contributed by atoms with Crippen molar-refractivity contribution < 1.29 is 13.2 Å². The molecule has 6 nitrogen and oxygen atoms in total. The third-order valence-corrected chi connectivity index (χ3v) is 7.26. The predicted molar refractivity (Wildman–Crippen MR) is 131 cm³/mol. The van der Waals surface area contributed by atoms with Crippen LogP contribution in [0.3, 0.4) is 0 Å². The van der Waals surface area contributed by atoms with E-state index in [2.05, 4.69) is 23.7 Å². The third-order valence-electron chi connectivity index (χ3n) is 4.85. The molecule has 0 saturated carbocycles. The first kappa shape index (κ1) is 25.5. The Balaban J connectivity index is 0.00000341. The summed E-state index contributed by atoms with van der Waals surface area (Å²) in [6.45, 7) is 6.99. The van der Waals surface area contributed by atoms with Crippen molar-refractivity contribution in [2.24, 2.45) is 0 Å². The van der Waals surface area contributed by atoms with Crippen LogP contribution in [0.25, 0.3) is 10.2 Å². The van der Waals surface area contributed by atoms with Gasteiger partial charge in [-0.1, -0.05) is 48.9 Å². The van der Waals surface area contributed by atoms with E-state index in [1.165, 1.54) is 11.3 Å². The average molecular weight is 502 g/mol. The lowest BCUT2D eigenvalue weighted by molar-refractivity contribution is 0.0983. The molecule has 0 aliphatic heterocycles. The lowest BCUT2D eigenvalue weighted by Gasteiger charge is -2.24. The predicted octanol–water partition coefficient (Wildman–Crippen LogP) is 4.76. The lowest BCUT2D eigenvalue weighted by Crippen LogP contribution is -2.38. The monoisotopic (exact) mass is 501 g/mol. The number of carbonyl (C=O) groups is 1. The Hall–Kier alpha value is -1.71. The molecule has 0 saturated heterocycles. The van der Waals surface area contributed by atoms with E-state index >= 15 is 0 Å². The second kappa shape index (κ2) is 10.7. The Bertz CT molecular complexity index is 1160. The molecule has 0 aliphatic carbocycles. The third kappa shape index (κ3) is 5.96. The molecule has 1 aromatic heterocycles. The van der Waals surface area contributed by atoms with E-state index in [1.54, 1.807) is 41.3 Å². The molecule has 2 aromatic carbocycles. The smallest absolute Gasteiger partial charge is 0.260 e. The van der Waals surface area contributed by atoms with Crippen molar-refractivity contribution in [2.45, 2.75) is 18.7 Å². The Morgan fingerprint density at radius 2 is 1.77 bits per heavy atom. The Labute approximate surface area is 198 Å². The first-order valence-corrected chi connectivity index (χ1v) is 12.7. The highest BCUT2D eigenvalue weighted by atomic mass is 35.5. The normalized spacial score (nSPS) is 11.5. The van der Waals surface area contributed by atoms with Gasteiger partial charge in [-0.3, -0.25) is 9.69 Å². The quantitative estimate of drug-likeness (QED) is 0.444. The van der Waals surface area contributed by atoms with Gasteiger partial charge in [0.2, 0.25) is 0 Å². The number of halogens is 2. The van der Waals surface area contributed by atoms with Gasteiger partial charge in [0.25, 0.3) is 5.91 Å². The molecule has 0 atom stereocenters. The second-order valence-electron chi connectivity index (χ2n) is 6.87. The van der Waals surface area contributed by atoms with Crippen molar-refractivity contribution in [2.75, 3.05) is 37.3 Å². The number of likely N-dealkylation sites (N-methyl/N-ethyl adjacent to an activating group) is 1. The van der Waals surface area contributed by atoms with Crippen LogP contribution in [0.4, 0.5) is 5.13 Å². The molecule has 0 radical (unpaired) electrons. The zero-order valence-corrected chi connectivity index (χ0v) is 20.7. The summed E-state index contributed by atoms with van der Waals surface area (Å²) in [4.78, 5) is 21.9. The molecule has 0 spiro atoms. The van der Waals surface area contributed by atoms with Crippen LogP contribution in [0.1, 0.15) is 24.2 Å². The fraction of sp³-hybridized carbons (Fsp3) is 0.333. The maximum absolute atomic E-state index is 13.3. The van der Waals surface area contributed by atoms with E-state index in [1.807, 2.05) is 6.07 Å². The number of rotatable bonds is 8. The van der Waals surface area contributed by atoms with Crippen molar-refractivity contribution >= 4 is 66.4 Å². The van der Waals surface area contributed by atoms with E-state index in [0.29, 0.717) is 34.3 Å². The van der Waals surface area contributed by atoms with Gasteiger partial charge in [0.1, 0.15) is 5.52 Å². The molecule has 1 heterocycles. The summed E-state index contributed by atoms with van der Waals surface area (Å²) in [5.41, 5.74) is 0.858. The van der Waals surface area contributed by atoms with Gasteiger partial charge in [-0.15, -0.1) is 12.4 Å². The van der Waals surface area contributed by atoms with Gasteiger partial charge >= 0.3 is 0 Å². The van der Waals surface area contributed by atoms with Crippen molar-refractivity contribution in [3.8, 4) is 0 Å². The van der Waals surface area contributed by atoms with Crippen molar-refractivity contribution in [1.29, 1.82) is 0 Å². The number of hydrogen-bond acceptors (Lipinski definition) is 6. The minimum atomic E-state index is -3.44. The molecule has 0 N–H and O–H groups in total. The first-order valence-electron chi connectivity index (χ1n) is 9.64. The number of fused-ring (bicyclic) bond motifs is 1. The Morgan fingerprint density at radius 1 is 1.10 bits per heavy atom. The van der Waals surface area contributed by atoms with Crippen LogP contribution >= 0.6 is 35.3 Å². The first-order chi connectivity index (χ1) is 14.2. The van der Waals surface area contributed by atoms with Gasteiger partial charge in [-0.2, -0.15) is 0 Å². The number of carbonyl (C=O) groups excluding carboxylic acids is 1. The molecule has 0 unspecified atom stereocenters. The zero-order chi connectivity index (χ0) is 21.9. The van der Waals surface area contributed by atoms with Crippen LogP contribution in [0.2, 0.25) is 5.02 Å². The van der Waals surface area contributed by atoms with Gasteiger partial charge in [0.05, 0.1) is 9.60 Å². The molecule has 3 aromatic rings. The molecule has 0 aliphatic rings. The molecular formula is C21H25Cl2N3O3S2. The second-order valence-corrected chi connectivity index (χ2v) is 10.3. The van der Waals surface area contributed by atoms with E-state index < -0.39 is 9.84 Å². The van der Waals surface area contributed by atoms with E-state index in [0.717, 1.165) is 24.0 Å². The maximum atomic E-state index is 13.3. The summed E-state index contributed by atoms with van der Waals surface area (Å²) in [5.74, 6) is -0.218. The molecule has 0 bridgehead atoms. The van der Waals surface area contributed by atoms with E-state index in [-0.39, 0.29) is 23.2 Å². The van der Waals surface area contributed by atoms with Crippen molar-refractivity contribution in [1.82, 2.24) is 9.88 Å². The number of amides is 1. The summed E-state index contributed by atoms with van der Waals surface area (Å²) in [7, 11) is -3.44. The number of anilines is 1. The number of nitrogens with zero attached hydrogens (tertiary/aromatic N) is 3. The van der Waals surface area contributed by atoms with Crippen LogP contribution in [0.15, 0.2) is 47.4 Å². The van der Waals surface area contributed by atoms with E-state index in [9.17, 15) is 13.2 Å². The summed E-state index contributed by atoms with van der Waals surface area (Å²) in [6, 6.07) is 11.8. The van der Waals surface area contributed by atoms with Crippen LogP contribution in [0, 0.1) is 0 Å². The fourth-order valence-electron chi connectivity index (χ4n) is 3.17. The number of aromatic nitrogens is 1. The summed E-state index contributed by atoms with van der Waals surface area (Å²) in [6.07, 6.45) is 1.16. The fourth-order valence-corrected chi connectivity index (χ4v) is 5.27. The standard InChI is InChI=1S/C21H24ClN3O3S2.ClH/c1-4-24(5-2)12-13-25(20(26)15-8-6-9-16(22)14-15)21-23-19-17(29-21)10-7-11-18(19)30(3,27)28;/h6-11,14H,4-5,12-13H2,1-3H3;1H. The van der Waals surface area contributed by atoms with Crippen molar-refractivity contribution in [3.05, 3.63) is 53.1 Å². The van der Waals surface area contributed by atoms with Gasteiger partial charge in [-0.05, 0) is 43.4 Å². The Kier molecular flexibility index (Phi) is 8.85. The maximum Gasteiger partial charge on any atom is 0.260 e. The number of thiazole rings is 1. The highest BCUT2D eigenvalue weighted by Gasteiger charge is 2.24. The Morgan fingerprint density at radius 3 is 2.39 bits per heavy atom. The molecule has 0 fully saturated rings.